The molecule has 2 fully saturated rings. The summed E-state index contributed by atoms with van der Waals surface area (Å²) in [4.78, 5) is 11.7. The van der Waals surface area contributed by atoms with Crippen molar-refractivity contribution in [3.8, 4) is 0 Å². The fraction of sp³-hybridized carbons (Fsp3) is 0.909. The summed E-state index contributed by atoms with van der Waals surface area (Å²) in [7, 11) is 0. The minimum atomic E-state index is 0.231. The van der Waals surface area contributed by atoms with Gasteiger partial charge in [-0.2, -0.15) is 0 Å². The van der Waals surface area contributed by atoms with Crippen molar-refractivity contribution in [2.45, 2.75) is 38.5 Å². The summed E-state index contributed by atoms with van der Waals surface area (Å²) in [5.74, 6) is 1.41. The average molecular weight is 182 g/mol. The monoisotopic (exact) mass is 182 g/mol. The third kappa shape index (κ3) is 2.31. The number of ether oxygens (including phenoxy) is 1. The van der Waals surface area contributed by atoms with Crippen LogP contribution in [0.4, 0.5) is 0 Å². The molecular weight excluding hydrogens is 164 g/mol. The number of hydrogen-bond acceptors (Lipinski definition) is 2. The van der Waals surface area contributed by atoms with Crippen molar-refractivity contribution in [2.75, 3.05) is 13.2 Å². The highest BCUT2D eigenvalue weighted by atomic mass is 16.5. The molecule has 0 aromatic heterocycles. The van der Waals surface area contributed by atoms with E-state index >= 15 is 0 Å². The number of ketones is 1. The molecule has 0 N–H and O–H groups in total. The van der Waals surface area contributed by atoms with Crippen LogP contribution in [0.5, 0.6) is 0 Å². The minimum absolute atomic E-state index is 0.231. The SMILES string of the molecule is O=C(CC1CCC1)C1CCCOC1. The molecule has 0 radical (unpaired) electrons. The van der Waals surface area contributed by atoms with Crippen LogP contribution in [-0.2, 0) is 9.53 Å². The zero-order chi connectivity index (χ0) is 9.10. The summed E-state index contributed by atoms with van der Waals surface area (Å²) in [6.45, 7) is 1.54. The Morgan fingerprint density at radius 3 is 2.62 bits per heavy atom. The molecule has 0 amide bonds. The van der Waals surface area contributed by atoms with E-state index in [0.29, 0.717) is 12.4 Å². The second kappa shape index (κ2) is 4.23. The van der Waals surface area contributed by atoms with Crippen molar-refractivity contribution in [1.82, 2.24) is 0 Å². The number of carbonyl (C=O) groups excluding carboxylic acids is 1. The summed E-state index contributed by atoms with van der Waals surface area (Å²) in [6.07, 6.45) is 6.85. The van der Waals surface area contributed by atoms with Gasteiger partial charge >= 0.3 is 0 Å². The largest absolute Gasteiger partial charge is 0.381 e. The standard InChI is InChI=1S/C11H18O2/c12-11(7-9-3-1-4-9)10-5-2-6-13-8-10/h9-10H,1-8H2. The molecule has 2 aliphatic rings. The molecule has 2 nitrogen and oxygen atoms in total. The van der Waals surface area contributed by atoms with Crippen LogP contribution in [-0.4, -0.2) is 19.0 Å². The fourth-order valence-electron chi connectivity index (χ4n) is 2.14. The van der Waals surface area contributed by atoms with Crippen LogP contribution in [0.25, 0.3) is 0 Å². The quantitative estimate of drug-likeness (QED) is 0.668. The molecule has 1 atom stereocenters. The van der Waals surface area contributed by atoms with Gasteiger partial charge in [-0.1, -0.05) is 19.3 Å². The molecule has 13 heavy (non-hydrogen) atoms. The molecule has 0 bridgehead atoms. The number of Topliss-reactive ketones (excluding diaryl/α,β-unsaturated/α-hetero) is 1. The normalized spacial score (nSPS) is 29.7. The Bertz CT molecular complexity index is 179. The van der Waals surface area contributed by atoms with Gasteiger partial charge in [0.2, 0.25) is 0 Å². The van der Waals surface area contributed by atoms with Crippen molar-refractivity contribution < 1.29 is 9.53 Å². The second-order valence-electron chi connectivity index (χ2n) is 4.38. The molecule has 0 aromatic carbocycles. The van der Waals surface area contributed by atoms with E-state index in [-0.39, 0.29) is 5.92 Å². The van der Waals surface area contributed by atoms with Crippen molar-refractivity contribution >= 4 is 5.78 Å². The zero-order valence-corrected chi connectivity index (χ0v) is 8.13. The van der Waals surface area contributed by atoms with Crippen LogP contribution in [0.15, 0.2) is 0 Å². The Morgan fingerprint density at radius 2 is 2.08 bits per heavy atom. The van der Waals surface area contributed by atoms with Gasteiger partial charge in [0.25, 0.3) is 0 Å². The first-order chi connectivity index (χ1) is 6.36. The van der Waals surface area contributed by atoms with Gasteiger partial charge in [0, 0.05) is 18.9 Å². The van der Waals surface area contributed by atoms with E-state index < -0.39 is 0 Å². The lowest BCUT2D eigenvalue weighted by molar-refractivity contribution is -0.128. The van der Waals surface area contributed by atoms with Crippen LogP contribution >= 0.6 is 0 Å². The van der Waals surface area contributed by atoms with Gasteiger partial charge in [0.05, 0.1) is 6.61 Å². The molecule has 1 unspecified atom stereocenters. The lowest BCUT2D eigenvalue weighted by Gasteiger charge is -2.27. The molecule has 2 rings (SSSR count). The van der Waals surface area contributed by atoms with E-state index in [0.717, 1.165) is 31.8 Å². The van der Waals surface area contributed by atoms with Crippen LogP contribution in [0.3, 0.4) is 0 Å². The van der Waals surface area contributed by atoms with Crippen molar-refractivity contribution in [3.63, 3.8) is 0 Å². The van der Waals surface area contributed by atoms with E-state index in [9.17, 15) is 4.79 Å². The van der Waals surface area contributed by atoms with E-state index in [1.54, 1.807) is 0 Å². The Kier molecular flexibility index (Phi) is 2.99. The maximum atomic E-state index is 11.7. The van der Waals surface area contributed by atoms with E-state index in [1.165, 1.54) is 19.3 Å². The first-order valence-electron chi connectivity index (χ1n) is 5.46. The van der Waals surface area contributed by atoms with Crippen LogP contribution < -0.4 is 0 Å². The third-order valence-corrected chi connectivity index (χ3v) is 3.33. The van der Waals surface area contributed by atoms with Gasteiger partial charge in [0.1, 0.15) is 5.78 Å². The molecule has 0 aromatic rings. The fourth-order valence-corrected chi connectivity index (χ4v) is 2.14. The van der Waals surface area contributed by atoms with Crippen LogP contribution in [0.1, 0.15) is 38.5 Å². The summed E-state index contributed by atoms with van der Waals surface area (Å²) >= 11 is 0. The molecule has 1 heterocycles. The summed E-state index contributed by atoms with van der Waals surface area (Å²) in [5, 5.41) is 0. The molecule has 0 spiro atoms. The highest BCUT2D eigenvalue weighted by Crippen LogP contribution is 2.31. The molecular formula is C11H18O2. The van der Waals surface area contributed by atoms with Gasteiger partial charge < -0.3 is 4.74 Å². The van der Waals surface area contributed by atoms with Crippen LogP contribution in [0.2, 0.25) is 0 Å². The summed E-state index contributed by atoms with van der Waals surface area (Å²) in [5.41, 5.74) is 0. The Labute approximate surface area is 79.7 Å². The highest BCUT2D eigenvalue weighted by Gasteiger charge is 2.26. The van der Waals surface area contributed by atoms with E-state index in [1.807, 2.05) is 0 Å². The lowest BCUT2D eigenvalue weighted by Crippen LogP contribution is -2.28. The highest BCUT2D eigenvalue weighted by molar-refractivity contribution is 5.81. The summed E-state index contributed by atoms with van der Waals surface area (Å²) in [6, 6.07) is 0. The number of hydrogen-bond donors (Lipinski definition) is 0. The average Bonchev–Trinajstić information content (AvgIpc) is 2.12. The Hall–Kier alpha value is -0.370. The van der Waals surface area contributed by atoms with E-state index in [4.69, 9.17) is 4.74 Å². The first-order valence-corrected chi connectivity index (χ1v) is 5.46. The predicted molar refractivity (Wildman–Crippen MR) is 50.5 cm³/mol. The predicted octanol–water partition coefficient (Wildman–Crippen LogP) is 2.17. The topological polar surface area (TPSA) is 26.3 Å². The second-order valence-corrected chi connectivity index (χ2v) is 4.38. The maximum absolute atomic E-state index is 11.7. The lowest BCUT2D eigenvalue weighted by atomic mass is 9.79. The smallest absolute Gasteiger partial charge is 0.138 e. The molecule has 1 saturated heterocycles. The molecule has 1 saturated carbocycles. The van der Waals surface area contributed by atoms with Gasteiger partial charge in [-0.15, -0.1) is 0 Å². The molecule has 1 aliphatic heterocycles. The molecule has 74 valence electrons. The van der Waals surface area contributed by atoms with Gasteiger partial charge in [-0.3, -0.25) is 4.79 Å². The zero-order valence-electron chi connectivity index (χ0n) is 8.13. The molecule has 1 aliphatic carbocycles. The van der Waals surface area contributed by atoms with Gasteiger partial charge in [0.15, 0.2) is 0 Å². The third-order valence-electron chi connectivity index (χ3n) is 3.33. The van der Waals surface area contributed by atoms with Crippen LogP contribution in [0, 0.1) is 11.8 Å². The van der Waals surface area contributed by atoms with Gasteiger partial charge in [-0.05, 0) is 18.8 Å². The number of rotatable bonds is 3. The minimum Gasteiger partial charge on any atom is -0.381 e. The Balaban J connectivity index is 1.74. The first kappa shape index (κ1) is 9.20. The Morgan fingerprint density at radius 1 is 1.23 bits per heavy atom. The molecule has 2 heteroatoms. The van der Waals surface area contributed by atoms with Crippen molar-refractivity contribution in [1.29, 1.82) is 0 Å². The van der Waals surface area contributed by atoms with Gasteiger partial charge in [-0.25, -0.2) is 0 Å². The maximum Gasteiger partial charge on any atom is 0.138 e. The van der Waals surface area contributed by atoms with Crippen molar-refractivity contribution in [2.24, 2.45) is 11.8 Å². The summed E-state index contributed by atoms with van der Waals surface area (Å²) < 4.78 is 5.32. The van der Waals surface area contributed by atoms with E-state index in [2.05, 4.69) is 0 Å². The number of carbonyl (C=O) groups is 1. The van der Waals surface area contributed by atoms with Crippen molar-refractivity contribution in [3.05, 3.63) is 0 Å².